The smallest absolute Gasteiger partial charge is 0.166 e. The van der Waals surface area contributed by atoms with Crippen LogP contribution in [-0.4, -0.2) is 0 Å². The van der Waals surface area contributed by atoms with E-state index >= 15 is 0 Å². The molecular weight excluding hydrogens is 405 g/mol. The maximum Gasteiger partial charge on any atom is 0.166 e. The zero-order valence-corrected chi connectivity index (χ0v) is 17.9. The van der Waals surface area contributed by atoms with Crippen LogP contribution < -0.4 is 0 Å². The summed E-state index contributed by atoms with van der Waals surface area (Å²) in [6, 6.07) is 21.1. The van der Waals surface area contributed by atoms with Crippen molar-refractivity contribution in [3.8, 4) is 11.8 Å². The first-order valence-corrected chi connectivity index (χ1v) is 10.8. The van der Waals surface area contributed by atoms with Crippen LogP contribution >= 0.6 is 0 Å². The van der Waals surface area contributed by atoms with E-state index < -0.39 is 11.6 Å². The van der Waals surface area contributed by atoms with Gasteiger partial charge in [0, 0.05) is 10.9 Å². The summed E-state index contributed by atoms with van der Waals surface area (Å²) in [7, 11) is 0. The summed E-state index contributed by atoms with van der Waals surface area (Å²) in [5, 5.41) is 0.750. The molecule has 0 fully saturated rings. The van der Waals surface area contributed by atoms with Crippen molar-refractivity contribution in [3.05, 3.63) is 118 Å². The van der Waals surface area contributed by atoms with E-state index in [1.54, 1.807) is 18.2 Å². The lowest BCUT2D eigenvalue weighted by Crippen LogP contribution is -1.94. The molecule has 0 heterocycles. The maximum atomic E-state index is 14.6. The van der Waals surface area contributed by atoms with E-state index in [2.05, 4.69) is 43.0 Å². The molecular formula is C29H23F3. The highest BCUT2D eigenvalue weighted by atomic mass is 19.2. The van der Waals surface area contributed by atoms with Crippen LogP contribution in [0.4, 0.5) is 13.2 Å². The maximum absolute atomic E-state index is 14.6. The quantitative estimate of drug-likeness (QED) is 0.291. The molecule has 0 unspecified atom stereocenters. The SMILES string of the molecule is CCCc1ccc(CCc2ccc(C#Cc3ccc4c(F)c(F)ccc4c3)c(F)c2)cc1. The van der Waals surface area contributed by atoms with E-state index in [0.717, 1.165) is 37.3 Å². The number of rotatable bonds is 5. The van der Waals surface area contributed by atoms with Crippen LogP contribution in [0.25, 0.3) is 10.8 Å². The van der Waals surface area contributed by atoms with Gasteiger partial charge in [0.15, 0.2) is 11.6 Å². The van der Waals surface area contributed by atoms with Gasteiger partial charge in [0.1, 0.15) is 5.82 Å². The van der Waals surface area contributed by atoms with Gasteiger partial charge in [0.2, 0.25) is 0 Å². The summed E-state index contributed by atoms with van der Waals surface area (Å²) < 4.78 is 41.8. The minimum atomic E-state index is -0.882. The Bertz CT molecular complexity index is 1310. The van der Waals surface area contributed by atoms with Gasteiger partial charge in [-0.25, -0.2) is 13.2 Å². The third-order valence-corrected chi connectivity index (χ3v) is 5.55. The summed E-state index contributed by atoms with van der Waals surface area (Å²) in [6.07, 6.45) is 3.82. The Hall–Kier alpha value is -3.51. The Kier molecular flexibility index (Phi) is 6.61. The number of halogens is 3. The second-order valence-electron chi connectivity index (χ2n) is 7.93. The molecule has 0 aliphatic carbocycles. The average molecular weight is 428 g/mol. The first kappa shape index (κ1) is 21.7. The Morgan fingerprint density at radius 3 is 2.03 bits per heavy atom. The van der Waals surface area contributed by atoms with Gasteiger partial charge < -0.3 is 0 Å². The lowest BCUT2D eigenvalue weighted by molar-refractivity contribution is 0.517. The van der Waals surface area contributed by atoms with Crippen molar-refractivity contribution in [2.75, 3.05) is 0 Å². The van der Waals surface area contributed by atoms with Crippen LogP contribution in [0.15, 0.2) is 72.8 Å². The fourth-order valence-electron chi connectivity index (χ4n) is 3.75. The summed E-state index contributed by atoms with van der Waals surface area (Å²) in [5.74, 6) is 3.64. The minimum Gasteiger partial charge on any atom is -0.206 e. The van der Waals surface area contributed by atoms with Crippen LogP contribution in [-0.2, 0) is 19.3 Å². The molecule has 0 aromatic heterocycles. The summed E-state index contributed by atoms with van der Waals surface area (Å²) >= 11 is 0. The van der Waals surface area contributed by atoms with Crippen LogP contribution in [0.1, 0.15) is 41.2 Å². The van der Waals surface area contributed by atoms with Gasteiger partial charge in [-0.2, -0.15) is 0 Å². The molecule has 0 nitrogen and oxygen atoms in total. The highest BCUT2D eigenvalue weighted by Gasteiger charge is 2.07. The van der Waals surface area contributed by atoms with E-state index in [1.165, 1.54) is 29.3 Å². The molecule has 0 saturated heterocycles. The molecule has 0 aliphatic heterocycles. The van der Waals surface area contributed by atoms with E-state index in [-0.39, 0.29) is 11.2 Å². The summed E-state index contributed by atoms with van der Waals surface area (Å²) in [5.41, 5.74) is 4.42. The van der Waals surface area contributed by atoms with Crippen LogP contribution in [0.3, 0.4) is 0 Å². The monoisotopic (exact) mass is 428 g/mol. The van der Waals surface area contributed by atoms with Crippen molar-refractivity contribution in [2.24, 2.45) is 0 Å². The van der Waals surface area contributed by atoms with E-state index in [1.807, 2.05) is 6.07 Å². The van der Waals surface area contributed by atoms with Gasteiger partial charge in [0.25, 0.3) is 0 Å². The fraction of sp³-hybridized carbons (Fsp3) is 0.172. The molecule has 0 amide bonds. The molecule has 0 N–H and O–H groups in total. The molecule has 4 aromatic rings. The predicted molar refractivity (Wildman–Crippen MR) is 124 cm³/mol. The van der Waals surface area contributed by atoms with Gasteiger partial charge in [0.05, 0.1) is 5.56 Å². The van der Waals surface area contributed by atoms with Crippen LogP contribution in [0.2, 0.25) is 0 Å². The zero-order valence-electron chi connectivity index (χ0n) is 17.9. The van der Waals surface area contributed by atoms with Crippen LogP contribution in [0, 0.1) is 29.3 Å². The molecule has 0 atom stereocenters. The molecule has 4 aromatic carbocycles. The minimum absolute atomic E-state index is 0.200. The Morgan fingerprint density at radius 1 is 0.625 bits per heavy atom. The summed E-state index contributed by atoms with van der Waals surface area (Å²) in [6.45, 7) is 2.17. The van der Waals surface area contributed by atoms with Crippen molar-refractivity contribution in [2.45, 2.75) is 32.6 Å². The van der Waals surface area contributed by atoms with Crippen LogP contribution in [0.5, 0.6) is 0 Å². The fourth-order valence-corrected chi connectivity index (χ4v) is 3.75. The largest absolute Gasteiger partial charge is 0.206 e. The highest BCUT2D eigenvalue weighted by molar-refractivity contribution is 5.84. The molecule has 0 radical (unpaired) electrons. The molecule has 0 aliphatic rings. The number of hydrogen-bond donors (Lipinski definition) is 0. The number of hydrogen-bond acceptors (Lipinski definition) is 0. The number of aryl methyl sites for hydroxylation is 3. The predicted octanol–water partition coefficient (Wildman–Crippen LogP) is 7.39. The van der Waals surface area contributed by atoms with Gasteiger partial charge in [-0.15, -0.1) is 0 Å². The Balaban J connectivity index is 1.45. The first-order valence-electron chi connectivity index (χ1n) is 10.8. The van der Waals surface area contributed by atoms with E-state index in [9.17, 15) is 13.2 Å². The third-order valence-electron chi connectivity index (χ3n) is 5.55. The second-order valence-corrected chi connectivity index (χ2v) is 7.93. The van der Waals surface area contributed by atoms with Gasteiger partial charge in [-0.3, -0.25) is 0 Å². The number of fused-ring (bicyclic) bond motifs is 1. The van der Waals surface area contributed by atoms with Gasteiger partial charge in [-0.05, 0) is 71.7 Å². The lowest BCUT2D eigenvalue weighted by atomic mass is 10.0. The van der Waals surface area contributed by atoms with Crippen molar-refractivity contribution in [1.82, 2.24) is 0 Å². The van der Waals surface area contributed by atoms with E-state index in [4.69, 9.17) is 0 Å². The Labute approximate surface area is 186 Å². The first-order chi connectivity index (χ1) is 15.5. The second kappa shape index (κ2) is 9.75. The highest BCUT2D eigenvalue weighted by Crippen LogP contribution is 2.21. The summed E-state index contributed by atoms with van der Waals surface area (Å²) in [4.78, 5) is 0. The molecule has 3 heteroatoms. The normalized spacial score (nSPS) is 10.8. The Morgan fingerprint density at radius 2 is 1.31 bits per heavy atom. The third kappa shape index (κ3) is 5.03. The van der Waals surface area contributed by atoms with Gasteiger partial charge in [-0.1, -0.05) is 67.6 Å². The lowest BCUT2D eigenvalue weighted by Gasteiger charge is -2.05. The molecule has 4 rings (SSSR count). The standard InChI is InChI=1S/C29H23F3/c1-2-3-20-4-6-21(7-5-20)8-9-23-11-14-24(28(31)19-23)13-10-22-12-16-26-25(18-22)15-17-27(30)29(26)32/h4-7,11-12,14-19H,2-3,8-9H2,1H3. The topological polar surface area (TPSA) is 0 Å². The number of benzene rings is 4. The van der Waals surface area contributed by atoms with E-state index in [0.29, 0.717) is 16.5 Å². The van der Waals surface area contributed by atoms with Crippen molar-refractivity contribution >= 4 is 10.8 Å². The molecule has 160 valence electrons. The van der Waals surface area contributed by atoms with Crippen molar-refractivity contribution in [1.29, 1.82) is 0 Å². The molecule has 0 bridgehead atoms. The zero-order chi connectivity index (χ0) is 22.5. The molecule has 32 heavy (non-hydrogen) atoms. The van der Waals surface area contributed by atoms with Crippen molar-refractivity contribution in [3.63, 3.8) is 0 Å². The molecule has 0 spiro atoms. The van der Waals surface area contributed by atoms with Crippen molar-refractivity contribution < 1.29 is 13.2 Å². The molecule has 0 saturated carbocycles. The van der Waals surface area contributed by atoms with Gasteiger partial charge >= 0.3 is 0 Å². The average Bonchev–Trinajstić information content (AvgIpc) is 2.80.